The average molecular weight is 271 g/mol. The Labute approximate surface area is 109 Å². The summed E-state index contributed by atoms with van der Waals surface area (Å²) >= 11 is 5.66. The fourth-order valence-corrected chi connectivity index (χ4v) is 2.18. The van der Waals surface area contributed by atoms with E-state index in [4.69, 9.17) is 17.3 Å². The molecule has 1 aromatic carbocycles. The first-order valence-electron chi connectivity index (χ1n) is 5.48. The van der Waals surface area contributed by atoms with E-state index in [0.717, 1.165) is 5.56 Å². The van der Waals surface area contributed by atoms with Gasteiger partial charge < -0.3 is 10.6 Å². The lowest BCUT2D eigenvalue weighted by Crippen LogP contribution is -2.28. The number of carbonyl (C=O) groups is 2. The Morgan fingerprint density at radius 2 is 2.28 bits per heavy atom. The second-order valence-electron chi connectivity index (χ2n) is 4.33. The van der Waals surface area contributed by atoms with E-state index < -0.39 is 17.6 Å². The largest absolute Gasteiger partial charge is 0.369 e. The van der Waals surface area contributed by atoms with Gasteiger partial charge in [0.1, 0.15) is 5.82 Å². The highest BCUT2D eigenvalue weighted by Gasteiger charge is 2.32. The number of halogens is 2. The van der Waals surface area contributed by atoms with E-state index >= 15 is 0 Å². The number of primary amides is 1. The molecule has 96 valence electrons. The lowest BCUT2D eigenvalue weighted by Gasteiger charge is -2.16. The van der Waals surface area contributed by atoms with Gasteiger partial charge in [0.05, 0.1) is 10.9 Å². The summed E-state index contributed by atoms with van der Waals surface area (Å²) in [6.07, 6.45) is 0.143. The monoisotopic (exact) mass is 270 g/mol. The third-order valence-electron chi connectivity index (χ3n) is 2.97. The molecule has 1 heterocycles. The Balaban J connectivity index is 2.08. The van der Waals surface area contributed by atoms with Crippen molar-refractivity contribution in [2.75, 3.05) is 6.54 Å². The molecule has 0 aromatic heterocycles. The summed E-state index contributed by atoms with van der Waals surface area (Å²) in [7, 11) is 0. The first-order valence-corrected chi connectivity index (χ1v) is 5.86. The predicted molar refractivity (Wildman–Crippen MR) is 64.1 cm³/mol. The minimum absolute atomic E-state index is 0.0191. The van der Waals surface area contributed by atoms with Crippen molar-refractivity contribution >= 4 is 23.4 Å². The van der Waals surface area contributed by atoms with Crippen LogP contribution in [0, 0.1) is 11.7 Å². The van der Waals surface area contributed by atoms with Crippen LogP contribution >= 0.6 is 11.6 Å². The fourth-order valence-electron chi connectivity index (χ4n) is 1.97. The van der Waals surface area contributed by atoms with E-state index in [0.29, 0.717) is 13.1 Å². The zero-order valence-corrected chi connectivity index (χ0v) is 10.3. The van der Waals surface area contributed by atoms with Crippen molar-refractivity contribution in [3.63, 3.8) is 0 Å². The summed E-state index contributed by atoms with van der Waals surface area (Å²) in [6, 6.07) is 4.29. The van der Waals surface area contributed by atoms with Crippen LogP contribution in [-0.2, 0) is 16.1 Å². The number of nitrogens with two attached hydrogens (primary N) is 1. The number of carbonyl (C=O) groups excluding carboxylic acids is 2. The highest BCUT2D eigenvalue weighted by molar-refractivity contribution is 6.30. The number of rotatable bonds is 3. The maximum atomic E-state index is 13.0. The molecule has 2 amide bonds. The van der Waals surface area contributed by atoms with E-state index in [-0.39, 0.29) is 17.4 Å². The maximum absolute atomic E-state index is 13.0. The molecule has 2 rings (SSSR count). The highest BCUT2D eigenvalue weighted by atomic mass is 35.5. The van der Waals surface area contributed by atoms with Gasteiger partial charge >= 0.3 is 0 Å². The van der Waals surface area contributed by atoms with Crippen molar-refractivity contribution in [1.29, 1.82) is 0 Å². The summed E-state index contributed by atoms with van der Waals surface area (Å²) < 4.78 is 13.0. The topological polar surface area (TPSA) is 63.4 Å². The third kappa shape index (κ3) is 2.61. The van der Waals surface area contributed by atoms with E-state index in [9.17, 15) is 14.0 Å². The molecule has 1 saturated heterocycles. The molecule has 0 saturated carbocycles. The molecule has 1 fully saturated rings. The fraction of sp³-hybridized carbons (Fsp3) is 0.333. The van der Waals surface area contributed by atoms with E-state index in [1.54, 1.807) is 6.07 Å². The van der Waals surface area contributed by atoms with E-state index in [1.165, 1.54) is 17.0 Å². The average Bonchev–Trinajstić information content (AvgIpc) is 2.66. The van der Waals surface area contributed by atoms with Gasteiger partial charge in [0.25, 0.3) is 0 Å². The number of benzene rings is 1. The Morgan fingerprint density at radius 3 is 2.83 bits per heavy atom. The number of hydrogen-bond donors (Lipinski definition) is 1. The van der Waals surface area contributed by atoms with Gasteiger partial charge in [0.2, 0.25) is 11.8 Å². The smallest absolute Gasteiger partial charge is 0.223 e. The van der Waals surface area contributed by atoms with Crippen molar-refractivity contribution < 1.29 is 14.0 Å². The molecule has 0 bridgehead atoms. The minimum atomic E-state index is -0.497. The summed E-state index contributed by atoms with van der Waals surface area (Å²) in [4.78, 5) is 24.2. The highest BCUT2D eigenvalue weighted by Crippen LogP contribution is 2.22. The molecule has 2 N–H and O–H groups in total. The number of nitrogens with zero attached hydrogens (tertiary/aromatic N) is 1. The molecule has 4 nitrogen and oxygen atoms in total. The normalized spacial score (nSPS) is 19.3. The molecule has 6 heteroatoms. The Hall–Kier alpha value is -1.62. The van der Waals surface area contributed by atoms with Gasteiger partial charge in [-0.05, 0) is 17.7 Å². The summed E-state index contributed by atoms with van der Waals surface area (Å²) in [5.74, 6) is -1.53. The van der Waals surface area contributed by atoms with Crippen LogP contribution in [-0.4, -0.2) is 23.3 Å². The number of hydrogen-bond acceptors (Lipinski definition) is 2. The van der Waals surface area contributed by atoms with Gasteiger partial charge in [-0.15, -0.1) is 0 Å². The lowest BCUT2D eigenvalue weighted by atomic mass is 10.1. The zero-order chi connectivity index (χ0) is 13.3. The Bertz CT molecular complexity index is 507. The molecular formula is C12H12ClFN2O2. The molecule has 0 spiro atoms. The van der Waals surface area contributed by atoms with Crippen molar-refractivity contribution in [3.8, 4) is 0 Å². The summed E-state index contributed by atoms with van der Waals surface area (Å²) in [6.45, 7) is 0.617. The van der Waals surface area contributed by atoms with Gasteiger partial charge in [0, 0.05) is 19.5 Å². The van der Waals surface area contributed by atoms with Gasteiger partial charge in [-0.1, -0.05) is 17.7 Å². The van der Waals surface area contributed by atoms with Gasteiger partial charge in [-0.25, -0.2) is 4.39 Å². The van der Waals surface area contributed by atoms with Crippen molar-refractivity contribution in [2.45, 2.75) is 13.0 Å². The van der Waals surface area contributed by atoms with E-state index in [2.05, 4.69) is 0 Å². The van der Waals surface area contributed by atoms with Crippen LogP contribution in [0.1, 0.15) is 12.0 Å². The van der Waals surface area contributed by atoms with Gasteiger partial charge in [-0.2, -0.15) is 0 Å². The van der Waals surface area contributed by atoms with Crippen molar-refractivity contribution in [2.24, 2.45) is 11.7 Å². The summed E-state index contributed by atoms with van der Waals surface area (Å²) in [5.41, 5.74) is 5.89. The SMILES string of the molecule is NC(=O)C1CC(=O)N(Cc2ccc(F)c(Cl)c2)C1. The standard InChI is InChI=1S/C12H12ClFN2O2/c13-9-3-7(1-2-10(9)14)5-16-6-8(12(15)18)4-11(16)17/h1-3,8H,4-6H2,(H2,15,18). The molecule has 1 aliphatic rings. The molecule has 18 heavy (non-hydrogen) atoms. The predicted octanol–water partition coefficient (Wildman–Crippen LogP) is 1.31. The van der Waals surface area contributed by atoms with Crippen LogP contribution in [0.3, 0.4) is 0 Å². The summed E-state index contributed by atoms with van der Waals surface area (Å²) in [5, 5.41) is 0.0191. The van der Waals surface area contributed by atoms with Crippen LogP contribution in [0.15, 0.2) is 18.2 Å². The molecule has 0 radical (unpaired) electrons. The lowest BCUT2D eigenvalue weighted by molar-refractivity contribution is -0.128. The Kier molecular flexibility index (Phi) is 3.52. The van der Waals surface area contributed by atoms with E-state index in [1.807, 2.05) is 0 Å². The number of likely N-dealkylation sites (tertiary alicyclic amines) is 1. The third-order valence-corrected chi connectivity index (χ3v) is 3.26. The minimum Gasteiger partial charge on any atom is -0.369 e. The molecule has 1 atom stereocenters. The molecule has 1 aromatic rings. The van der Waals surface area contributed by atoms with Gasteiger partial charge in [-0.3, -0.25) is 9.59 Å². The van der Waals surface area contributed by atoms with Crippen LogP contribution in [0.25, 0.3) is 0 Å². The molecule has 0 aliphatic carbocycles. The van der Waals surface area contributed by atoms with Gasteiger partial charge in [0.15, 0.2) is 0 Å². The second-order valence-corrected chi connectivity index (χ2v) is 4.73. The van der Waals surface area contributed by atoms with Crippen molar-refractivity contribution in [3.05, 3.63) is 34.6 Å². The van der Waals surface area contributed by atoms with Crippen LogP contribution < -0.4 is 5.73 Å². The first-order chi connectivity index (χ1) is 8.47. The van der Waals surface area contributed by atoms with Crippen molar-refractivity contribution in [1.82, 2.24) is 4.90 Å². The Morgan fingerprint density at radius 1 is 1.56 bits per heavy atom. The molecular weight excluding hydrogens is 259 g/mol. The molecule has 1 unspecified atom stereocenters. The van der Waals surface area contributed by atoms with Crippen LogP contribution in [0.4, 0.5) is 4.39 Å². The quantitative estimate of drug-likeness (QED) is 0.900. The first kappa shape index (κ1) is 12.8. The molecule has 1 aliphatic heterocycles. The zero-order valence-electron chi connectivity index (χ0n) is 9.53. The van der Waals surface area contributed by atoms with Crippen LogP contribution in [0.5, 0.6) is 0 Å². The number of amides is 2. The maximum Gasteiger partial charge on any atom is 0.223 e. The van der Waals surface area contributed by atoms with Crippen LogP contribution in [0.2, 0.25) is 5.02 Å². The second kappa shape index (κ2) is 4.94.